The van der Waals surface area contributed by atoms with Crippen LogP contribution in [0.15, 0.2) is 4.42 Å². The van der Waals surface area contributed by atoms with E-state index >= 15 is 0 Å². The molecule has 18 heavy (non-hydrogen) atoms. The lowest BCUT2D eigenvalue weighted by Gasteiger charge is -2.39. The van der Waals surface area contributed by atoms with Crippen molar-refractivity contribution in [1.29, 1.82) is 0 Å². The number of ether oxygens (including phenoxy) is 1. The minimum Gasteiger partial charge on any atom is -0.425 e. The highest BCUT2D eigenvalue weighted by atomic mass is 16.5. The first-order valence-corrected chi connectivity index (χ1v) is 6.73. The lowest BCUT2D eigenvalue weighted by Crippen LogP contribution is -2.41. The predicted octanol–water partition coefficient (Wildman–Crippen LogP) is 1.72. The zero-order chi connectivity index (χ0) is 13.0. The van der Waals surface area contributed by atoms with E-state index in [0.29, 0.717) is 17.8 Å². The van der Waals surface area contributed by atoms with Crippen LogP contribution in [0, 0.1) is 0 Å². The van der Waals surface area contributed by atoms with Crippen molar-refractivity contribution in [3.05, 3.63) is 11.8 Å². The first-order valence-electron chi connectivity index (χ1n) is 6.73. The van der Waals surface area contributed by atoms with Crippen LogP contribution in [0.3, 0.4) is 0 Å². The van der Waals surface area contributed by atoms with Gasteiger partial charge in [0.1, 0.15) is 0 Å². The summed E-state index contributed by atoms with van der Waals surface area (Å²) in [6, 6.07) is 0.485. The number of aromatic nitrogens is 2. The molecule has 5 heteroatoms. The molecule has 102 valence electrons. The molecule has 2 rings (SSSR count). The Morgan fingerprint density at radius 3 is 2.61 bits per heavy atom. The number of methoxy groups -OCH3 is 1. The molecule has 1 aliphatic rings. The van der Waals surface area contributed by atoms with Gasteiger partial charge in [-0.15, -0.1) is 10.2 Å². The van der Waals surface area contributed by atoms with Gasteiger partial charge in [0.05, 0.1) is 12.0 Å². The van der Waals surface area contributed by atoms with E-state index in [2.05, 4.69) is 29.4 Å². The van der Waals surface area contributed by atoms with E-state index in [1.54, 1.807) is 7.11 Å². The zero-order valence-corrected chi connectivity index (χ0v) is 11.5. The Morgan fingerprint density at radius 1 is 1.33 bits per heavy atom. The molecule has 0 aliphatic heterocycles. The van der Waals surface area contributed by atoms with Gasteiger partial charge < -0.3 is 14.5 Å². The minimum atomic E-state index is -0.0417. The topological polar surface area (TPSA) is 60.2 Å². The van der Waals surface area contributed by atoms with Gasteiger partial charge in [0.15, 0.2) is 0 Å². The molecule has 1 fully saturated rings. The lowest BCUT2D eigenvalue weighted by molar-refractivity contribution is -0.0746. The average molecular weight is 253 g/mol. The van der Waals surface area contributed by atoms with Crippen molar-refractivity contribution in [1.82, 2.24) is 15.5 Å². The van der Waals surface area contributed by atoms with Crippen LogP contribution in [0.4, 0.5) is 0 Å². The summed E-state index contributed by atoms with van der Waals surface area (Å²) < 4.78 is 11.2. The molecule has 0 bridgehead atoms. The molecule has 1 heterocycles. The molecule has 5 nitrogen and oxygen atoms in total. The summed E-state index contributed by atoms with van der Waals surface area (Å²) in [5, 5.41) is 11.5. The zero-order valence-electron chi connectivity index (χ0n) is 11.5. The number of hydrogen-bond acceptors (Lipinski definition) is 5. The van der Waals surface area contributed by atoms with Crippen LogP contribution in [0.1, 0.15) is 44.9 Å². The first-order chi connectivity index (χ1) is 8.63. The second-order valence-electron chi connectivity index (χ2n) is 5.37. The number of nitrogens with zero attached hydrogens (tertiary/aromatic N) is 2. The standard InChI is InChI=1S/C13H23N3O2/c1-10(2)14-8-5-11-15-16-12(18-11)9-13(17-3)6-4-7-13/h10,14H,4-9H2,1-3H3. The third kappa shape index (κ3) is 3.29. The highest BCUT2D eigenvalue weighted by molar-refractivity contribution is 4.97. The molecule has 0 atom stereocenters. The smallest absolute Gasteiger partial charge is 0.219 e. The van der Waals surface area contributed by atoms with Crippen LogP contribution < -0.4 is 5.32 Å². The van der Waals surface area contributed by atoms with Crippen molar-refractivity contribution in [2.75, 3.05) is 13.7 Å². The largest absolute Gasteiger partial charge is 0.425 e. The molecule has 1 aromatic heterocycles. The van der Waals surface area contributed by atoms with Gasteiger partial charge in [0, 0.05) is 26.1 Å². The fourth-order valence-electron chi connectivity index (χ4n) is 2.23. The molecular formula is C13H23N3O2. The molecule has 0 aromatic carbocycles. The number of rotatable bonds is 7. The molecule has 1 N–H and O–H groups in total. The number of nitrogens with one attached hydrogen (secondary N) is 1. The Kier molecular flexibility index (Phi) is 4.35. The van der Waals surface area contributed by atoms with Gasteiger partial charge in [-0.05, 0) is 19.3 Å². The Hall–Kier alpha value is -0.940. The van der Waals surface area contributed by atoms with Gasteiger partial charge in [-0.25, -0.2) is 0 Å². The molecule has 0 radical (unpaired) electrons. The summed E-state index contributed by atoms with van der Waals surface area (Å²) in [5.41, 5.74) is -0.0417. The van der Waals surface area contributed by atoms with E-state index in [-0.39, 0.29) is 5.60 Å². The summed E-state index contributed by atoms with van der Waals surface area (Å²) in [6.07, 6.45) is 4.94. The fourth-order valence-corrected chi connectivity index (χ4v) is 2.23. The monoisotopic (exact) mass is 253 g/mol. The lowest BCUT2D eigenvalue weighted by atomic mass is 9.77. The Balaban J connectivity index is 1.82. The molecule has 0 unspecified atom stereocenters. The molecule has 1 saturated carbocycles. The van der Waals surface area contributed by atoms with Crippen molar-refractivity contribution >= 4 is 0 Å². The van der Waals surface area contributed by atoms with Crippen molar-refractivity contribution in [2.24, 2.45) is 0 Å². The third-order valence-corrected chi connectivity index (χ3v) is 3.57. The summed E-state index contributed by atoms with van der Waals surface area (Å²) in [7, 11) is 1.77. The molecule has 1 aliphatic carbocycles. The van der Waals surface area contributed by atoms with E-state index in [4.69, 9.17) is 9.15 Å². The average Bonchev–Trinajstić information content (AvgIpc) is 2.71. The van der Waals surface area contributed by atoms with Crippen LogP contribution in [0.2, 0.25) is 0 Å². The van der Waals surface area contributed by atoms with Gasteiger partial charge in [0.25, 0.3) is 0 Å². The van der Waals surface area contributed by atoms with Crippen LogP contribution in [-0.2, 0) is 17.6 Å². The predicted molar refractivity (Wildman–Crippen MR) is 68.4 cm³/mol. The van der Waals surface area contributed by atoms with Gasteiger partial charge >= 0.3 is 0 Å². The maximum absolute atomic E-state index is 5.66. The van der Waals surface area contributed by atoms with Gasteiger partial charge in [-0.3, -0.25) is 0 Å². The summed E-state index contributed by atoms with van der Waals surface area (Å²) in [6.45, 7) is 5.12. The number of hydrogen-bond donors (Lipinski definition) is 1. The Labute approximate surface area is 108 Å². The van der Waals surface area contributed by atoms with Crippen molar-refractivity contribution in [3.63, 3.8) is 0 Å². The van der Waals surface area contributed by atoms with Crippen LogP contribution in [-0.4, -0.2) is 35.5 Å². The van der Waals surface area contributed by atoms with E-state index in [9.17, 15) is 0 Å². The summed E-state index contributed by atoms with van der Waals surface area (Å²) >= 11 is 0. The molecular weight excluding hydrogens is 230 g/mol. The van der Waals surface area contributed by atoms with Crippen molar-refractivity contribution in [3.8, 4) is 0 Å². The van der Waals surface area contributed by atoms with Crippen molar-refractivity contribution in [2.45, 2.75) is 57.6 Å². The van der Waals surface area contributed by atoms with Crippen LogP contribution in [0.5, 0.6) is 0 Å². The molecule has 1 aromatic rings. The van der Waals surface area contributed by atoms with Gasteiger partial charge in [0.2, 0.25) is 11.8 Å². The highest BCUT2D eigenvalue weighted by Gasteiger charge is 2.38. The minimum absolute atomic E-state index is 0.0417. The maximum Gasteiger partial charge on any atom is 0.219 e. The Morgan fingerprint density at radius 2 is 2.06 bits per heavy atom. The van der Waals surface area contributed by atoms with E-state index in [0.717, 1.165) is 32.2 Å². The summed E-state index contributed by atoms with van der Waals surface area (Å²) in [5.74, 6) is 1.42. The normalized spacial score (nSPS) is 18.0. The maximum atomic E-state index is 5.66. The SMILES string of the molecule is COC1(Cc2nnc(CCNC(C)C)o2)CCC1. The second kappa shape index (κ2) is 5.80. The van der Waals surface area contributed by atoms with E-state index in [1.165, 1.54) is 6.42 Å². The van der Waals surface area contributed by atoms with Gasteiger partial charge in [-0.1, -0.05) is 13.8 Å². The molecule has 0 saturated heterocycles. The van der Waals surface area contributed by atoms with Crippen LogP contribution in [0.25, 0.3) is 0 Å². The van der Waals surface area contributed by atoms with E-state index < -0.39 is 0 Å². The Bertz CT molecular complexity index is 367. The molecule has 0 amide bonds. The van der Waals surface area contributed by atoms with Crippen LogP contribution >= 0.6 is 0 Å². The quantitative estimate of drug-likeness (QED) is 0.801. The second-order valence-corrected chi connectivity index (χ2v) is 5.37. The summed E-state index contributed by atoms with van der Waals surface area (Å²) in [4.78, 5) is 0. The highest BCUT2D eigenvalue weighted by Crippen LogP contribution is 2.37. The third-order valence-electron chi connectivity index (χ3n) is 3.57. The van der Waals surface area contributed by atoms with Gasteiger partial charge in [-0.2, -0.15) is 0 Å². The van der Waals surface area contributed by atoms with Crippen molar-refractivity contribution < 1.29 is 9.15 Å². The van der Waals surface area contributed by atoms with E-state index in [1.807, 2.05) is 0 Å². The molecule has 0 spiro atoms. The first kappa shape index (κ1) is 13.5. The fraction of sp³-hybridized carbons (Fsp3) is 0.846.